The van der Waals surface area contributed by atoms with Crippen LogP contribution in [0.15, 0.2) is 41.3 Å². The predicted octanol–water partition coefficient (Wildman–Crippen LogP) is 4.61. The summed E-state index contributed by atoms with van der Waals surface area (Å²) < 4.78 is 42.1. The van der Waals surface area contributed by atoms with E-state index in [9.17, 15) is 28.1 Å². The van der Waals surface area contributed by atoms with Crippen LogP contribution in [0.2, 0.25) is 0 Å². The number of carbonyl (C=O) groups is 3. The van der Waals surface area contributed by atoms with Crippen molar-refractivity contribution >= 4 is 44.8 Å². The third kappa shape index (κ3) is 8.64. The molecule has 3 aliphatic heterocycles. The molecule has 0 radical (unpaired) electrons. The molecule has 3 saturated heterocycles. The van der Waals surface area contributed by atoms with Crippen LogP contribution >= 0.6 is 0 Å². The van der Waals surface area contributed by atoms with Crippen LogP contribution in [-0.2, 0) is 26.6 Å². The monoisotopic (exact) mass is 762 g/mol. The first kappa shape index (κ1) is 39.0. The maximum Gasteiger partial charge on any atom is 0.407 e. The van der Waals surface area contributed by atoms with Crippen molar-refractivity contribution in [3.8, 4) is 11.8 Å². The maximum atomic E-state index is 13.7. The van der Waals surface area contributed by atoms with Crippen LogP contribution in [0.5, 0.6) is 5.75 Å². The number of nitrogens with zero attached hydrogens (tertiary/aromatic N) is 6. The molecule has 6 rings (SSSR count). The second-order valence-electron chi connectivity index (χ2n) is 15.3. The molecule has 0 spiro atoms. The number of rotatable bonds is 10. The van der Waals surface area contributed by atoms with Crippen LogP contribution in [0.25, 0.3) is 10.9 Å². The second-order valence-corrected chi connectivity index (χ2v) is 17.2. The molecule has 290 valence electrons. The maximum absolute atomic E-state index is 13.7. The van der Waals surface area contributed by atoms with Crippen LogP contribution in [0.3, 0.4) is 0 Å². The van der Waals surface area contributed by atoms with E-state index < -0.39 is 27.7 Å². The summed E-state index contributed by atoms with van der Waals surface area (Å²) in [7, 11) is -2.00. The van der Waals surface area contributed by atoms with Crippen molar-refractivity contribution in [1.82, 2.24) is 29.6 Å². The summed E-state index contributed by atoms with van der Waals surface area (Å²) in [6.07, 6.45) is 3.31. The van der Waals surface area contributed by atoms with Crippen molar-refractivity contribution in [2.45, 2.75) is 94.7 Å². The standard InChI is InChI=1S/C38H50N8O7S/c1-6-29(44-16-11-25(12-17-44)26-8-10-31-32(21-26)43(5)42-35(31)46-20-15-34(47)41-36(46)48)24-52-33-22-30(9-7-27(33)23-39)54(50,51)45-18-13-28(14-19-45)40-37(49)53-38(2,3)4/h7-10,21-22,25,28-29H,6,11-20,24H2,1-5H3,(H,40,49)(H,41,47,48). The zero-order chi connectivity index (χ0) is 38.8. The summed E-state index contributed by atoms with van der Waals surface area (Å²) in [5.74, 6) is 0.838. The fourth-order valence-electron chi connectivity index (χ4n) is 7.48. The van der Waals surface area contributed by atoms with Crippen LogP contribution in [0.1, 0.15) is 83.3 Å². The van der Waals surface area contributed by atoms with E-state index in [0.717, 1.165) is 43.3 Å². The molecule has 4 heterocycles. The summed E-state index contributed by atoms with van der Waals surface area (Å²) in [4.78, 5) is 40.3. The SMILES string of the molecule is CCC(COc1cc(S(=O)(=O)N2CCC(NC(=O)OC(C)(C)C)CC2)ccc1C#N)N1CCC(c2ccc3c(N4CCC(=O)NC4=O)nn(C)c3c2)CC1. The van der Waals surface area contributed by atoms with Gasteiger partial charge in [-0.2, -0.15) is 14.7 Å². The van der Waals surface area contributed by atoms with Gasteiger partial charge in [-0.05, 0) is 102 Å². The second kappa shape index (κ2) is 15.9. The van der Waals surface area contributed by atoms with Gasteiger partial charge in [-0.15, -0.1) is 0 Å². The number of piperidine rings is 2. The molecule has 3 fully saturated rings. The number of ether oxygens (including phenoxy) is 2. The van der Waals surface area contributed by atoms with Gasteiger partial charge in [0.1, 0.15) is 24.0 Å². The fraction of sp³-hybridized carbons (Fsp3) is 0.553. The summed E-state index contributed by atoms with van der Waals surface area (Å²) in [5, 5.41) is 20.5. The minimum absolute atomic E-state index is 0.0655. The first-order chi connectivity index (χ1) is 25.7. The van der Waals surface area contributed by atoms with Crippen molar-refractivity contribution in [3.05, 3.63) is 47.5 Å². The molecule has 1 atom stereocenters. The molecule has 0 saturated carbocycles. The minimum Gasteiger partial charge on any atom is -0.491 e. The highest BCUT2D eigenvalue weighted by Crippen LogP contribution is 2.35. The molecular formula is C38H50N8O7S. The molecule has 1 unspecified atom stereocenters. The Morgan fingerprint density at radius 1 is 1.06 bits per heavy atom. The number of hydrogen-bond donors (Lipinski definition) is 2. The van der Waals surface area contributed by atoms with E-state index in [1.54, 1.807) is 25.5 Å². The number of nitriles is 1. The molecule has 2 N–H and O–H groups in total. The number of benzene rings is 2. The van der Waals surface area contributed by atoms with Crippen LogP contribution in [0, 0.1) is 11.3 Å². The van der Waals surface area contributed by atoms with Crippen molar-refractivity contribution in [3.63, 3.8) is 0 Å². The number of imide groups is 1. The molecule has 1 aromatic heterocycles. The quantitative estimate of drug-likeness (QED) is 0.297. The van der Waals surface area contributed by atoms with Gasteiger partial charge in [0, 0.05) is 56.6 Å². The first-order valence-corrected chi connectivity index (χ1v) is 20.1. The van der Waals surface area contributed by atoms with Gasteiger partial charge in [-0.1, -0.05) is 13.0 Å². The summed E-state index contributed by atoms with van der Waals surface area (Å²) in [5.41, 5.74) is 1.78. The third-order valence-corrected chi connectivity index (χ3v) is 12.4. The highest BCUT2D eigenvalue weighted by Gasteiger charge is 2.33. The Bertz CT molecular complexity index is 2040. The number of amides is 4. The van der Waals surface area contributed by atoms with Crippen LogP contribution in [-0.4, -0.2) is 102 Å². The lowest BCUT2D eigenvalue weighted by Crippen LogP contribution is -2.49. The minimum atomic E-state index is -3.86. The van der Waals surface area contributed by atoms with Crippen LogP contribution < -0.4 is 20.3 Å². The number of anilines is 1. The van der Waals surface area contributed by atoms with E-state index in [1.165, 1.54) is 33.0 Å². The Morgan fingerprint density at radius 3 is 2.43 bits per heavy atom. The third-order valence-electron chi connectivity index (χ3n) is 10.5. The highest BCUT2D eigenvalue weighted by molar-refractivity contribution is 7.89. The Hall–Kier alpha value is -4.72. The Labute approximate surface area is 316 Å². The van der Waals surface area contributed by atoms with Crippen molar-refractivity contribution in [2.75, 3.05) is 44.2 Å². The fourth-order valence-corrected chi connectivity index (χ4v) is 8.96. The number of hydrogen-bond acceptors (Lipinski definition) is 10. The molecule has 3 aromatic rings. The van der Waals surface area contributed by atoms with Crippen LogP contribution in [0.4, 0.5) is 15.4 Å². The van der Waals surface area contributed by atoms with Gasteiger partial charge in [0.15, 0.2) is 5.82 Å². The average molecular weight is 763 g/mol. The molecule has 54 heavy (non-hydrogen) atoms. The number of aryl methyl sites for hydroxylation is 1. The molecular weight excluding hydrogens is 713 g/mol. The van der Waals surface area contributed by atoms with Gasteiger partial charge in [0.05, 0.1) is 16.0 Å². The lowest BCUT2D eigenvalue weighted by molar-refractivity contribution is -0.120. The van der Waals surface area contributed by atoms with Gasteiger partial charge in [-0.3, -0.25) is 24.6 Å². The van der Waals surface area contributed by atoms with Crippen molar-refractivity contribution in [1.29, 1.82) is 5.26 Å². The van der Waals surface area contributed by atoms with E-state index in [-0.39, 0.29) is 53.7 Å². The number of urea groups is 1. The smallest absolute Gasteiger partial charge is 0.407 e. The van der Waals surface area contributed by atoms with E-state index in [0.29, 0.717) is 37.7 Å². The van der Waals surface area contributed by atoms with Crippen molar-refractivity contribution in [2.24, 2.45) is 7.05 Å². The van der Waals surface area contributed by atoms with E-state index in [2.05, 4.69) is 45.8 Å². The number of aromatic nitrogens is 2. The van der Waals surface area contributed by atoms with E-state index in [4.69, 9.17) is 9.47 Å². The number of carbonyl (C=O) groups excluding carboxylic acids is 3. The Balaban J connectivity index is 1.05. The molecule has 15 nitrogen and oxygen atoms in total. The number of likely N-dealkylation sites (tertiary alicyclic amines) is 1. The van der Waals surface area contributed by atoms with E-state index in [1.807, 2.05) is 13.1 Å². The van der Waals surface area contributed by atoms with Gasteiger partial charge in [0.2, 0.25) is 15.9 Å². The highest BCUT2D eigenvalue weighted by atomic mass is 32.2. The van der Waals surface area contributed by atoms with Gasteiger partial charge in [0.25, 0.3) is 0 Å². The Morgan fingerprint density at radius 2 is 1.78 bits per heavy atom. The van der Waals surface area contributed by atoms with Crippen molar-refractivity contribution < 1.29 is 32.3 Å². The lowest BCUT2D eigenvalue weighted by atomic mass is 9.88. The first-order valence-electron chi connectivity index (χ1n) is 18.7. The lowest BCUT2D eigenvalue weighted by Gasteiger charge is -2.37. The van der Waals surface area contributed by atoms with Gasteiger partial charge < -0.3 is 14.8 Å². The normalized spacial score (nSPS) is 19.0. The molecule has 16 heteroatoms. The summed E-state index contributed by atoms with van der Waals surface area (Å²) in [6.45, 7) is 10.2. The summed E-state index contributed by atoms with van der Waals surface area (Å²) in [6, 6.07) is 12.2. The molecule has 2 aromatic carbocycles. The molecule has 0 aliphatic carbocycles. The number of nitrogens with one attached hydrogen (secondary N) is 2. The number of sulfonamides is 1. The largest absolute Gasteiger partial charge is 0.491 e. The topological polar surface area (TPSA) is 179 Å². The zero-order valence-corrected chi connectivity index (χ0v) is 32.4. The molecule has 4 amide bonds. The van der Waals surface area contributed by atoms with E-state index >= 15 is 0 Å². The molecule has 3 aliphatic rings. The number of alkyl carbamates (subject to hydrolysis) is 1. The average Bonchev–Trinajstić information content (AvgIpc) is 3.46. The predicted molar refractivity (Wildman–Crippen MR) is 202 cm³/mol. The molecule has 0 bridgehead atoms. The Kier molecular flexibility index (Phi) is 11.5. The number of fused-ring (bicyclic) bond motifs is 1. The summed E-state index contributed by atoms with van der Waals surface area (Å²) >= 11 is 0. The van der Waals surface area contributed by atoms with Gasteiger partial charge in [-0.25, -0.2) is 18.0 Å². The van der Waals surface area contributed by atoms with Gasteiger partial charge >= 0.3 is 12.1 Å². The zero-order valence-electron chi connectivity index (χ0n) is 31.6.